The normalized spacial score (nSPS) is 10.8. The van der Waals surface area contributed by atoms with Gasteiger partial charge < -0.3 is 10.2 Å². The maximum absolute atomic E-state index is 10.7. The van der Waals surface area contributed by atoms with Crippen molar-refractivity contribution in [1.29, 1.82) is 0 Å². The first kappa shape index (κ1) is 11.3. The van der Waals surface area contributed by atoms with Gasteiger partial charge in [-0.25, -0.2) is 0 Å². The van der Waals surface area contributed by atoms with E-state index in [1.165, 1.54) is 6.92 Å². The second kappa shape index (κ2) is 5.88. The Morgan fingerprint density at radius 1 is 1.67 bits per heavy atom. The molecule has 2 N–H and O–H groups in total. The van der Waals surface area contributed by atoms with Crippen molar-refractivity contribution < 1.29 is 15.0 Å². The highest BCUT2D eigenvalue weighted by molar-refractivity contribution is 5.77. The molecular formula is C8H15NO3. The monoisotopic (exact) mass is 173 g/mol. The molecule has 4 nitrogen and oxygen atoms in total. The Morgan fingerprint density at radius 3 is 2.58 bits per heavy atom. The lowest BCUT2D eigenvalue weighted by molar-refractivity contribution is -0.119. The van der Waals surface area contributed by atoms with Crippen LogP contribution in [0.4, 0.5) is 0 Å². The molecule has 0 aromatic rings. The summed E-state index contributed by atoms with van der Waals surface area (Å²) < 4.78 is 0. The first-order valence-electron chi connectivity index (χ1n) is 3.75. The van der Waals surface area contributed by atoms with Gasteiger partial charge in [0.25, 0.3) is 0 Å². The van der Waals surface area contributed by atoms with Crippen LogP contribution in [0, 0.1) is 0 Å². The number of carbonyl (C=O) groups excluding carboxylic acids is 1. The van der Waals surface area contributed by atoms with Crippen molar-refractivity contribution in [2.45, 2.75) is 13.2 Å². The van der Waals surface area contributed by atoms with Crippen molar-refractivity contribution in [3.63, 3.8) is 0 Å². The zero-order valence-electron chi connectivity index (χ0n) is 7.23. The summed E-state index contributed by atoms with van der Waals surface area (Å²) in [6.07, 6.45) is 0.218. The lowest BCUT2D eigenvalue weighted by atomic mass is 10.3. The number of ketones is 1. The van der Waals surface area contributed by atoms with Crippen molar-refractivity contribution in [2.75, 3.05) is 19.6 Å². The third-order valence-electron chi connectivity index (χ3n) is 1.26. The van der Waals surface area contributed by atoms with Gasteiger partial charge in [0.15, 0.2) is 6.29 Å². The molecule has 0 amide bonds. The van der Waals surface area contributed by atoms with Gasteiger partial charge in [-0.3, -0.25) is 9.69 Å². The summed E-state index contributed by atoms with van der Waals surface area (Å²) in [5.74, 6) is -0.00231. The number of Topliss-reactive ketones (excluding diaryl/α,β-unsaturated/α-hetero) is 1. The highest BCUT2D eigenvalue weighted by Gasteiger charge is 2.08. The van der Waals surface area contributed by atoms with Crippen molar-refractivity contribution in [1.82, 2.24) is 4.90 Å². The molecule has 0 spiro atoms. The summed E-state index contributed by atoms with van der Waals surface area (Å²) in [5.41, 5.74) is 0. The van der Waals surface area contributed by atoms with E-state index in [4.69, 9.17) is 10.2 Å². The van der Waals surface area contributed by atoms with Crippen LogP contribution in [0.15, 0.2) is 12.7 Å². The standard InChI is InChI=1S/C8H15NO3/c1-3-4-9(5-7(2)10)6-8(11)12/h3,8,11-12H,1,4-6H2,2H3. The third kappa shape index (κ3) is 6.03. The fourth-order valence-electron chi connectivity index (χ4n) is 0.932. The van der Waals surface area contributed by atoms with Gasteiger partial charge >= 0.3 is 0 Å². The molecule has 0 heterocycles. The minimum Gasteiger partial charge on any atom is -0.367 e. The van der Waals surface area contributed by atoms with Crippen LogP contribution in [-0.2, 0) is 4.79 Å². The van der Waals surface area contributed by atoms with Crippen LogP contribution in [0.3, 0.4) is 0 Å². The van der Waals surface area contributed by atoms with E-state index in [0.717, 1.165) is 0 Å². The zero-order chi connectivity index (χ0) is 9.56. The van der Waals surface area contributed by atoms with Crippen LogP contribution in [0.1, 0.15) is 6.92 Å². The van der Waals surface area contributed by atoms with Crippen LogP contribution in [0.25, 0.3) is 0 Å². The Bertz CT molecular complexity index is 156. The van der Waals surface area contributed by atoms with Gasteiger partial charge in [0.05, 0.1) is 6.54 Å². The minimum absolute atomic E-state index is 0.00231. The van der Waals surface area contributed by atoms with Gasteiger partial charge in [-0.1, -0.05) is 6.08 Å². The molecule has 0 aliphatic heterocycles. The molecule has 4 heteroatoms. The highest BCUT2D eigenvalue weighted by atomic mass is 16.5. The number of rotatable bonds is 6. The Kier molecular flexibility index (Phi) is 5.53. The number of aliphatic hydroxyl groups is 2. The zero-order valence-corrected chi connectivity index (χ0v) is 7.23. The van der Waals surface area contributed by atoms with E-state index < -0.39 is 6.29 Å². The number of hydrogen-bond acceptors (Lipinski definition) is 4. The average molecular weight is 173 g/mol. The summed E-state index contributed by atoms with van der Waals surface area (Å²) in [4.78, 5) is 12.3. The van der Waals surface area contributed by atoms with E-state index in [-0.39, 0.29) is 18.9 Å². The fraction of sp³-hybridized carbons (Fsp3) is 0.625. The molecule has 0 atom stereocenters. The minimum atomic E-state index is -1.40. The van der Waals surface area contributed by atoms with Crippen LogP contribution in [0.5, 0.6) is 0 Å². The first-order valence-corrected chi connectivity index (χ1v) is 3.75. The summed E-state index contributed by atoms with van der Waals surface area (Å²) in [7, 11) is 0. The molecule has 12 heavy (non-hydrogen) atoms. The predicted octanol–water partition coefficient (Wildman–Crippen LogP) is -0.626. The van der Waals surface area contributed by atoms with E-state index in [1.54, 1.807) is 11.0 Å². The Balaban J connectivity index is 3.85. The molecule has 0 aliphatic rings. The molecule has 0 saturated carbocycles. The largest absolute Gasteiger partial charge is 0.367 e. The van der Waals surface area contributed by atoms with E-state index in [2.05, 4.69) is 6.58 Å². The number of aliphatic hydroxyl groups excluding tert-OH is 1. The summed E-state index contributed by atoms with van der Waals surface area (Å²) in [6.45, 7) is 5.74. The maximum atomic E-state index is 10.7. The van der Waals surface area contributed by atoms with Gasteiger partial charge in [-0.05, 0) is 6.92 Å². The lowest BCUT2D eigenvalue weighted by Gasteiger charge is -2.19. The topological polar surface area (TPSA) is 60.8 Å². The Hall–Kier alpha value is -0.710. The average Bonchev–Trinajstić information content (AvgIpc) is 1.84. The molecule has 0 aromatic heterocycles. The third-order valence-corrected chi connectivity index (χ3v) is 1.26. The number of carbonyl (C=O) groups is 1. The molecule has 0 rings (SSSR count). The van der Waals surface area contributed by atoms with Crippen molar-refractivity contribution in [3.8, 4) is 0 Å². The van der Waals surface area contributed by atoms with E-state index >= 15 is 0 Å². The summed E-state index contributed by atoms with van der Waals surface area (Å²) in [5, 5.41) is 17.3. The quantitative estimate of drug-likeness (QED) is 0.415. The van der Waals surface area contributed by atoms with Crippen molar-refractivity contribution >= 4 is 5.78 Å². The smallest absolute Gasteiger partial charge is 0.164 e. The Morgan fingerprint density at radius 2 is 2.25 bits per heavy atom. The molecule has 0 bridgehead atoms. The molecule has 0 fully saturated rings. The summed E-state index contributed by atoms with van der Waals surface area (Å²) >= 11 is 0. The number of nitrogens with zero attached hydrogens (tertiary/aromatic N) is 1. The first-order chi connectivity index (χ1) is 5.56. The van der Waals surface area contributed by atoms with Gasteiger partial charge in [-0.2, -0.15) is 0 Å². The molecule has 70 valence electrons. The van der Waals surface area contributed by atoms with Crippen LogP contribution in [-0.4, -0.2) is 46.8 Å². The molecular weight excluding hydrogens is 158 g/mol. The molecule has 0 radical (unpaired) electrons. The van der Waals surface area contributed by atoms with Gasteiger partial charge in [-0.15, -0.1) is 6.58 Å². The molecule has 0 unspecified atom stereocenters. The van der Waals surface area contributed by atoms with Crippen LogP contribution in [0.2, 0.25) is 0 Å². The molecule has 0 saturated heterocycles. The van der Waals surface area contributed by atoms with E-state index in [1.807, 2.05) is 0 Å². The van der Waals surface area contributed by atoms with Gasteiger partial charge in [0.1, 0.15) is 5.78 Å². The van der Waals surface area contributed by atoms with Crippen LogP contribution >= 0.6 is 0 Å². The summed E-state index contributed by atoms with van der Waals surface area (Å²) in [6, 6.07) is 0. The highest BCUT2D eigenvalue weighted by Crippen LogP contribution is 1.91. The van der Waals surface area contributed by atoms with E-state index in [0.29, 0.717) is 6.54 Å². The second-order valence-electron chi connectivity index (χ2n) is 2.67. The van der Waals surface area contributed by atoms with Crippen LogP contribution < -0.4 is 0 Å². The Labute approximate surface area is 72.1 Å². The van der Waals surface area contributed by atoms with Gasteiger partial charge in [0, 0.05) is 13.1 Å². The van der Waals surface area contributed by atoms with Gasteiger partial charge in [0.2, 0.25) is 0 Å². The second-order valence-corrected chi connectivity index (χ2v) is 2.67. The number of hydrogen-bond donors (Lipinski definition) is 2. The maximum Gasteiger partial charge on any atom is 0.164 e. The predicted molar refractivity (Wildman–Crippen MR) is 45.5 cm³/mol. The SMILES string of the molecule is C=CCN(CC(C)=O)CC(O)O. The molecule has 0 aromatic carbocycles. The van der Waals surface area contributed by atoms with E-state index in [9.17, 15) is 4.79 Å². The van der Waals surface area contributed by atoms with Crippen molar-refractivity contribution in [3.05, 3.63) is 12.7 Å². The van der Waals surface area contributed by atoms with Crippen molar-refractivity contribution in [2.24, 2.45) is 0 Å². The lowest BCUT2D eigenvalue weighted by Crippen LogP contribution is -2.35. The molecule has 0 aliphatic carbocycles. The fourth-order valence-corrected chi connectivity index (χ4v) is 0.932.